The third kappa shape index (κ3) is 8.05. The molecule has 0 bridgehead atoms. The van der Waals surface area contributed by atoms with Crippen LogP contribution in [0.5, 0.6) is 0 Å². The SMILES string of the molecule is O=C(CCc1ccc(/C=C/C(c2cc(Cl)c(Cl)c(Cl)c2)C(F)(F)F)cc1)CC(F)(F)F. The van der Waals surface area contributed by atoms with Crippen molar-refractivity contribution in [3.05, 3.63) is 74.2 Å². The fraction of sp³-hybridized carbons (Fsp3) is 0.286. The van der Waals surface area contributed by atoms with Gasteiger partial charge in [-0.05, 0) is 35.2 Å². The maximum absolute atomic E-state index is 13.5. The molecule has 0 aliphatic heterocycles. The normalized spacial score (nSPS) is 13.6. The van der Waals surface area contributed by atoms with Crippen LogP contribution in [0.25, 0.3) is 6.08 Å². The predicted molar refractivity (Wildman–Crippen MR) is 110 cm³/mol. The number of carbonyl (C=O) groups excluding carboxylic acids is 1. The van der Waals surface area contributed by atoms with Crippen LogP contribution in [-0.4, -0.2) is 18.1 Å². The number of alkyl halides is 6. The molecule has 0 heterocycles. The van der Waals surface area contributed by atoms with Gasteiger partial charge < -0.3 is 0 Å². The Hall–Kier alpha value is -1.70. The fourth-order valence-corrected chi connectivity index (χ4v) is 3.38. The van der Waals surface area contributed by atoms with Gasteiger partial charge in [-0.25, -0.2) is 0 Å². The molecule has 1 atom stereocenters. The lowest BCUT2D eigenvalue weighted by Crippen LogP contribution is -2.19. The summed E-state index contributed by atoms with van der Waals surface area (Å²) < 4.78 is 77.2. The average molecular weight is 504 g/mol. The third-order valence-corrected chi connectivity index (χ3v) is 5.47. The van der Waals surface area contributed by atoms with Gasteiger partial charge in [0.1, 0.15) is 12.2 Å². The standard InChI is InChI=1S/C21H15Cl3F6O/c22-17-9-14(10-18(23)19(17)24)16(21(28,29)30)8-6-13-3-1-12(2-4-13)5-7-15(31)11-20(25,26)27/h1-4,6,8-10,16H,5,7,11H2/b8-6+. The topological polar surface area (TPSA) is 17.1 Å². The fourth-order valence-electron chi connectivity index (χ4n) is 2.76. The van der Waals surface area contributed by atoms with Crippen LogP contribution in [0.15, 0.2) is 42.5 Å². The van der Waals surface area contributed by atoms with Gasteiger partial charge >= 0.3 is 12.4 Å². The van der Waals surface area contributed by atoms with Crippen LogP contribution >= 0.6 is 34.8 Å². The van der Waals surface area contributed by atoms with E-state index >= 15 is 0 Å². The average Bonchev–Trinajstić information content (AvgIpc) is 2.63. The molecule has 0 radical (unpaired) electrons. The Kier molecular flexibility index (Phi) is 8.47. The van der Waals surface area contributed by atoms with E-state index in [2.05, 4.69) is 0 Å². The van der Waals surface area contributed by atoms with Crippen LogP contribution in [0.2, 0.25) is 15.1 Å². The first-order chi connectivity index (χ1) is 14.3. The number of aryl methyl sites for hydroxylation is 1. The van der Waals surface area contributed by atoms with Gasteiger partial charge in [0.25, 0.3) is 0 Å². The molecule has 0 fully saturated rings. The van der Waals surface area contributed by atoms with Crippen molar-refractivity contribution in [2.45, 2.75) is 37.5 Å². The number of hydrogen-bond acceptors (Lipinski definition) is 1. The van der Waals surface area contributed by atoms with E-state index < -0.39 is 30.5 Å². The quantitative estimate of drug-likeness (QED) is 0.274. The summed E-state index contributed by atoms with van der Waals surface area (Å²) in [7, 11) is 0. The molecule has 0 aliphatic rings. The zero-order chi connectivity index (χ0) is 23.4. The van der Waals surface area contributed by atoms with Crippen molar-refractivity contribution >= 4 is 46.7 Å². The van der Waals surface area contributed by atoms with E-state index in [1.54, 1.807) is 12.1 Å². The minimum Gasteiger partial charge on any atom is -0.299 e. The monoisotopic (exact) mass is 502 g/mol. The first kappa shape index (κ1) is 25.6. The zero-order valence-electron chi connectivity index (χ0n) is 15.6. The number of allylic oxidation sites excluding steroid dienone is 1. The van der Waals surface area contributed by atoms with E-state index in [1.807, 2.05) is 0 Å². The van der Waals surface area contributed by atoms with Gasteiger partial charge in [-0.3, -0.25) is 4.79 Å². The van der Waals surface area contributed by atoms with Crippen LogP contribution in [0.4, 0.5) is 26.3 Å². The first-order valence-electron chi connectivity index (χ1n) is 8.83. The summed E-state index contributed by atoms with van der Waals surface area (Å²) in [4.78, 5) is 11.3. The largest absolute Gasteiger partial charge is 0.399 e. The number of benzene rings is 2. The number of carbonyl (C=O) groups is 1. The molecule has 2 aromatic rings. The highest BCUT2D eigenvalue weighted by atomic mass is 35.5. The van der Waals surface area contributed by atoms with Crippen LogP contribution in [0, 0.1) is 0 Å². The van der Waals surface area contributed by atoms with Crippen molar-refractivity contribution in [2.75, 3.05) is 0 Å². The van der Waals surface area contributed by atoms with E-state index in [9.17, 15) is 31.1 Å². The molecule has 0 aliphatic carbocycles. The summed E-state index contributed by atoms with van der Waals surface area (Å²) in [5.74, 6) is -2.91. The van der Waals surface area contributed by atoms with E-state index in [0.717, 1.165) is 18.2 Å². The van der Waals surface area contributed by atoms with Crippen molar-refractivity contribution in [1.82, 2.24) is 0 Å². The lowest BCUT2D eigenvalue weighted by molar-refractivity contribution is -0.152. The molecule has 31 heavy (non-hydrogen) atoms. The Labute approximate surface area is 189 Å². The van der Waals surface area contributed by atoms with Gasteiger partial charge in [0.2, 0.25) is 0 Å². The highest BCUT2D eigenvalue weighted by Gasteiger charge is 2.39. The van der Waals surface area contributed by atoms with Crippen LogP contribution < -0.4 is 0 Å². The lowest BCUT2D eigenvalue weighted by Gasteiger charge is -2.18. The van der Waals surface area contributed by atoms with Gasteiger partial charge in [-0.1, -0.05) is 71.2 Å². The molecular weight excluding hydrogens is 489 g/mol. The van der Waals surface area contributed by atoms with Gasteiger partial charge in [0.15, 0.2) is 0 Å². The van der Waals surface area contributed by atoms with Crippen molar-refractivity contribution in [1.29, 1.82) is 0 Å². The molecule has 168 valence electrons. The molecule has 0 N–H and O–H groups in total. The second-order valence-corrected chi connectivity index (χ2v) is 7.94. The second-order valence-electron chi connectivity index (χ2n) is 6.75. The molecule has 0 saturated heterocycles. The molecule has 1 unspecified atom stereocenters. The van der Waals surface area contributed by atoms with Crippen LogP contribution in [0.1, 0.15) is 35.4 Å². The van der Waals surface area contributed by atoms with Crippen molar-refractivity contribution in [3.8, 4) is 0 Å². The molecule has 2 rings (SSSR count). The Balaban J connectivity index is 2.12. The van der Waals surface area contributed by atoms with Crippen LogP contribution in [0.3, 0.4) is 0 Å². The molecular formula is C21H15Cl3F6O. The smallest absolute Gasteiger partial charge is 0.299 e. The Morgan fingerprint density at radius 1 is 0.935 bits per heavy atom. The molecule has 0 aromatic heterocycles. The van der Waals surface area contributed by atoms with Gasteiger partial charge in [-0.15, -0.1) is 0 Å². The number of hydrogen-bond donors (Lipinski definition) is 0. The Bertz CT molecular complexity index is 926. The summed E-state index contributed by atoms with van der Waals surface area (Å²) in [5.41, 5.74) is 0.852. The highest BCUT2D eigenvalue weighted by Crippen LogP contribution is 2.41. The minimum absolute atomic E-state index is 0.0405. The van der Waals surface area contributed by atoms with E-state index in [0.29, 0.717) is 11.1 Å². The van der Waals surface area contributed by atoms with Gasteiger partial charge in [-0.2, -0.15) is 26.3 Å². The predicted octanol–water partition coefficient (Wildman–Crippen LogP) is 8.46. The summed E-state index contributed by atoms with van der Waals surface area (Å²) in [6, 6.07) is 8.29. The molecule has 10 heteroatoms. The highest BCUT2D eigenvalue weighted by molar-refractivity contribution is 6.48. The first-order valence-corrected chi connectivity index (χ1v) is 9.96. The van der Waals surface area contributed by atoms with Crippen molar-refractivity contribution in [2.24, 2.45) is 0 Å². The second kappa shape index (κ2) is 10.3. The maximum atomic E-state index is 13.5. The summed E-state index contributed by atoms with van der Waals surface area (Å²) >= 11 is 17.5. The van der Waals surface area contributed by atoms with Crippen LogP contribution in [-0.2, 0) is 11.2 Å². The molecule has 0 amide bonds. The van der Waals surface area contributed by atoms with Gasteiger partial charge in [0.05, 0.1) is 21.0 Å². The molecule has 0 spiro atoms. The summed E-state index contributed by atoms with van der Waals surface area (Å²) in [6.45, 7) is 0. The summed E-state index contributed by atoms with van der Waals surface area (Å²) in [5, 5.41) is -0.242. The summed E-state index contributed by atoms with van der Waals surface area (Å²) in [6.07, 6.45) is -8.61. The zero-order valence-corrected chi connectivity index (χ0v) is 17.9. The Morgan fingerprint density at radius 3 is 1.97 bits per heavy atom. The van der Waals surface area contributed by atoms with Crippen molar-refractivity contribution < 1.29 is 31.1 Å². The number of rotatable bonds is 7. The molecule has 1 nitrogen and oxygen atoms in total. The molecule has 2 aromatic carbocycles. The number of ketones is 1. The van der Waals surface area contributed by atoms with E-state index in [4.69, 9.17) is 34.8 Å². The van der Waals surface area contributed by atoms with E-state index in [-0.39, 0.29) is 33.5 Å². The number of halogens is 9. The van der Waals surface area contributed by atoms with E-state index in [1.165, 1.54) is 18.2 Å². The third-order valence-electron chi connectivity index (χ3n) is 4.27. The molecule has 0 saturated carbocycles. The van der Waals surface area contributed by atoms with Crippen molar-refractivity contribution in [3.63, 3.8) is 0 Å². The Morgan fingerprint density at radius 2 is 1.48 bits per heavy atom. The maximum Gasteiger partial charge on any atom is 0.399 e. The number of Topliss-reactive ketones (excluding diaryl/α,β-unsaturated/α-hetero) is 1. The minimum atomic E-state index is -4.62. The lowest BCUT2D eigenvalue weighted by atomic mass is 9.96. The van der Waals surface area contributed by atoms with Gasteiger partial charge in [0, 0.05) is 6.42 Å².